The quantitative estimate of drug-likeness (QED) is 0.503. The standard InChI is InChI=1S/C23H29N3O6S/c1-3-33(28,29)20-10-9-19(13-24-20)32-22-15-25-11-12-26(22)21(14-25)31-17(2)16-30-23(27)18-7-5-4-6-8-18/h4-10,13,17,21-22H,3,11-12,14-16H2,1-2H3/t17-,21?,22?/m0/s1. The SMILES string of the molecule is CCS(=O)(=O)c1ccc(OC2CN3CCN2C(O[C@@H](C)COC(=O)c2ccccc2)C3)cn1. The highest BCUT2D eigenvalue weighted by Crippen LogP contribution is 2.26. The second-order valence-corrected chi connectivity index (χ2v) is 10.4. The number of carbonyl (C=O) groups is 1. The highest BCUT2D eigenvalue weighted by atomic mass is 32.2. The third-order valence-electron chi connectivity index (χ3n) is 5.77. The summed E-state index contributed by atoms with van der Waals surface area (Å²) in [6, 6.07) is 12.0. The van der Waals surface area contributed by atoms with Crippen LogP contribution in [0.4, 0.5) is 0 Å². The molecule has 4 unspecified atom stereocenters. The number of rotatable bonds is 9. The van der Waals surface area contributed by atoms with Crippen molar-refractivity contribution in [2.45, 2.75) is 37.4 Å². The first kappa shape index (κ1) is 23.6. The maximum absolute atomic E-state index is 12.2. The molecule has 3 saturated heterocycles. The van der Waals surface area contributed by atoms with E-state index in [4.69, 9.17) is 14.2 Å². The van der Waals surface area contributed by atoms with E-state index in [1.54, 1.807) is 37.3 Å². The van der Waals surface area contributed by atoms with Crippen LogP contribution in [0.3, 0.4) is 0 Å². The van der Waals surface area contributed by atoms with E-state index < -0.39 is 9.84 Å². The molecule has 0 spiro atoms. The average molecular weight is 476 g/mol. The zero-order valence-electron chi connectivity index (χ0n) is 18.8. The van der Waals surface area contributed by atoms with Gasteiger partial charge in [-0.2, -0.15) is 0 Å². The Hall–Kier alpha value is -2.53. The van der Waals surface area contributed by atoms with Crippen molar-refractivity contribution in [1.29, 1.82) is 0 Å². The van der Waals surface area contributed by atoms with Gasteiger partial charge < -0.3 is 14.2 Å². The van der Waals surface area contributed by atoms with E-state index >= 15 is 0 Å². The predicted octanol–water partition coefficient (Wildman–Crippen LogP) is 1.80. The first-order chi connectivity index (χ1) is 15.9. The van der Waals surface area contributed by atoms with Crippen molar-refractivity contribution in [3.05, 3.63) is 54.2 Å². The van der Waals surface area contributed by atoms with Gasteiger partial charge in [0, 0.05) is 26.2 Å². The van der Waals surface area contributed by atoms with Crippen LogP contribution in [0.25, 0.3) is 0 Å². The highest BCUT2D eigenvalue weighted by molar-refractivity contribution is 7.91. The Morgan fingerprint density at radius 2 is 1.88 bits per heavy atom. The lowest BCUT2D eigenvalue weighted by Crippen LogP contribution is -2.68. The van der Waals surface area contributed by atoms with Crippen molar-refractivity contribution in [3.8, 4) is 5.75 Å². The molecule has 0 aliphatic carbocycles. The molecule has 4 heterocycles. The first-order valence-electron chi connectivity index (χ1n) is 11.1. The van der Waals surface area contributed by atoms with Gasteiger partial charge in [0.25, 0.3) is 0 Å². The van der Waals surface area contributed by atoms with Gasteiger partial charge in [0.2, 0.25) is 0 Å². The molecule has 3 fully saturated rings. The number of piperazine rings is 3. The van der Waals surface area contributed by atoms with Crippen LogP contribution in [0.2, 0.25) is 0 Å². The average Bonchev–Trinajstić information content (AvgIpc) is 2.84. The molecule has 33 heavy (non-hydrogen) atoms. The zero-order valence-corrected chi connectivity index (χ0v) is 19.6. The van der Waals surface area contributed by atoms with Gasteiger partial charge in [-0.15, -0.1) is 0 Å². The summed E-state index contributed by atoms with van der Waals surface area (Å²) >= 11 is 0. The molecule has 0 amide bonds. The Kier molecular flexibility index (Phi) is 7.28. The van der Waals surface area contributed by atoms with E-state index in [2.05, 4.69) is 14.8 Å². The lowest BCUT2D eigenvalue weighted by Gasteiger charge is -2.51. The van der Waals surface area contributed by atoms with Crippen LogP contribution < -0.4 is 4.74 Å². The summed E-state index contributed by atoms with van der Waals surface area (Å²) in [6.07, 6.45) is 0.717. The molecule has 10 heteroatoms. The molecule has 5 atom stereocenters. The molecular weight excluding hydrogens is 446 g/mol. The summed E-state index contributed by atoms with van der Waals surface area (Å²) in [5, 5.41) is 0.0478. The van der Waals surface area contributed by atoms with E-state index in [0.29, 0.717) is 17.9 Å². The van der Waals surface area contributed by atoms with E-state index in [9.17, 15) is 13.2 Å². The van der Waals surface area contributed by atoms with Crippen LogP contribution in [0, 0.1) is 0 Å². The first-order valence-corrected chi connectivity index (χ1v) is 12.7. The molecule has 1 aromatic carbocycles. The third-order valence-corrected chi connectivity index (χ3v) is 7.41. The number of hydrogen-bond acceptors (Lipinski definition) is 9. The van der Waals surface area contributed by atoms with Gasteiger partial charge in [-0.25, -0.2) is 23.1 Å². The molecule has 5 rings (SSSR count). The fraction of sp³-hybridized carbons (Fsp3) is 0.478. The maximum Gasteiger partial charge on any atom is 0.338 e. The predicted molar refractivity (Wildman–Crippen MR) is 121 cm³/mol. The fourth-order valence-electron chi connectivity index (χ4n) is 3.95. The molecule has 178 valence electrons. The van der Waals surface area contributed by atoms with Crippen molar-refractivity contribution in [2.24, 2.45) is 0 Å². The van der Waals surface area contributed by atoms with Gasteiger partial charge in [0.1, 0.15) is 18.6 Å². The van der Waals surface area contributed by atoms with Gasteiger partial charge in [-0.05, 0) is 31.2 Å². The van der Waals surface area contributed by atoms with Crippen LogP contribution in [0.5, 0.6) is 5.75 Å². The van der Waals surface area contributed by atoms with E-state index in [-0.39, 0.29) is 41.9 Å². The van der Waals surface area contributed by atoms with E-state index in [0.717, 1.165) is 19.6 Å². The van der Waals surface area contributed by atoms with Gasteiger partial charge in [-0.1, -0.05) is 25.1 Å². The van der Waals surface area contributed by atoms with Crippen molar-refractivity contribution >= 4 is 15.8 Å². The Morgan fingerprint density at radius 3 is 2.55 bits per heavy atom. The summed E-state index contributed by atoms with van der Waals surface area (Å²) in [6.45, 7) is 6.77. The van der Waals surface area contributed by atoms with Crippen molar-refractivity contribution < 1.29 is 27.4 Å². The van der Waals surface area contributed by atoms with Crippen LogP contribution >= 0.6 is 0 Å². The number of ether oxygens (including phenoxy) is 3. The lowest BCUT2D eigenvalue weighted by atomic mass is 10.2. The number of aromatic nitrogens is 1. The summed E-state index contributed by atoms with van der Waals surface area (Å²) in [7, 11) is -3.35. The largest absolute Gasteiger partial charge is 0.472 e. The number of pyridine rings is 1. The summed E-state index contributed by atoms with van der Waals surface area (Å²) in [4.78, 5) is 20.6. The van der Waals surface area contributed by atoms with Gasteiger partial charge in [0.05, 0.1) is 23.6 Å². The summed E-state index contributed by atoms with van der Waals surface area (Å²) in [5.41, 5.74) is 0.510. The topological polar surface area (TPSA) is 98.3 Å². The molecule has 0 saturated carbocycles. The second kappa shape index (κ2) is 10.2. The molecular formula is C23H29N3O6S. The minimum atomic E-state index is -3.35. The molecule has 0 radical (unpaired) electrons. The van der Waals surface area contributed by atoms with E-state index in [1.165, 1.54) is 12.3 Å². The molecule has 9 nitrogen and oxygen atoms in total. The normalized spacial score (nSPS) is 25.4. The number of fused-ring (bicyclic) bond motifs is 3. The molecule has 2 aromatic rings. The molecule has 3 aliphatic heterocycles. The maximum atomic E-state index is 12.2. The molecule has 2 bridgehead atoms. The fourth-order valence-corrected chi connectivity index (χ4v) is 4.73. The van der Waals surface area contributed by atoms with E-state index in [1.807, 2.05) is 13.0 Å². The van der Waals surface area contributed by atoms with Crippen LogP contribution in [-0.4, -0.2) is 86.3 Å². The Labute approximate surface area is 194 Å². The number of benzene rings is 1. The smallest absolute Gasteiger partial charge is 0.338 e. The summed E-state index contributed by atoms with van der Waals surface area (Å²) in [5.74, 6) is 0.138. The van der Waals surface area contributed by atoms with Crippen molar-refractivity contribution in [2.75, 3.05) is 38.5 Å². The molecule has 3 aliphatic rings. The highest BCUT2D eigenvalue weighted by Gasteiger charge is 2.41. The Bertz CT molecular complexity index is 1050. The number of hydrogen-bond donors (Lipinski definition) is 0. The number of nitrogens with zero attached hydrogens (tertiary/aromatic N) is 3. The summed E-state index contributed by atoms with van der Waals surface area (Å²) < 4.78 is 41.6. The van der Waals surface area contributed by atoms with Crippen molar-refractivity contribution in [3.63, 3.8) is 0 Å². The lowest BCUT2D eigenvalue weighted by molar-refractivity contribution is -0.215. The van der Waals surface area contributed by atoms with Crippen molar-refractivity contribution in [1.82, 2.24) is 14.8 Å². The monoisotopic (exact) mass is 475 g/mol. The second-order valence-electron chi connectivity index (χ2n) is 8.17. The van der Waals surface area contributed by atoms with Gasteiger partial charge in [-0.3, -0.25) is 4.90 Å². The Morgan fingerprint density at radius 1 is 1.12 bits per heavy atom. The van der Waals surface area contributed by atoms with Gasteiger partial charge in [0.15, 0.2) is 21.1 Å². The number of esters is 1. The molecule has 0 N–H and O–H groups in total. The van der Waals surface area contributed by atoms with Crippen LogP contribution in [0.15, 0.2) is 53.7 Å². The third kappa shape index (κ3) is 5.70. The van der Waals surface area contributed by atoms with Crippen LogP contribution in [-0.2, 0) is 19.3 Å². The Balaban J connectivity index is 1.33. The zero-order chi connectivity index (χ0) is 23.4. The minimum absolute atomic E-state index is 0.00340. The van der Waals surface area contributed by atoms with Crippen LogP contribution in [0.1, 0.15) is 24.2 Å². The minimum Gasteiger partial charge on any atom is -0.472 e. The number of sulfone groups is 1. The molecule has 1 aromatic heterocycles. The number of carbonyl (C=O) groups excluding carboxylic acids is 1. The van der Waals surface area contributed by atoms with Gasteiger partial charge >= 0.3 is 5.97 Å².